The third kappa shape index (κ3) is 7.49. The number of hydrogen-bond donors (Lipinski definition) is 2. The minimum absolute atomic E-state index is 0.00436. The van der Waals surface area contributed by atoms with Gasteiger partial charge in [-0.2, -0.15) is 13.2 Å². The molecule has 0 aliphatic carbocycles. The van der Waals surface area contributed by atoms with Crippen LogP contribution in [-0.2, 0) is 30.4 Å². The van der Waals surface area contributed by atoms with E-state index in [-0.39, 0.29) is 31.6 Å². The van der Waals surface area contributed by atoms with E-state index >= 15 is 0 Å². The molecule has 0 saturated heterocycles. The van der Waals surface area contributed by atoms with Crippen LogP contribution in [0.2, 0.25) is 0 Å². The molecule has 0 aliphatic heterocycles. The second-order valence-electron chi connectivity index (χ2n) is 9.08. The highest BCUT2D eigenvalue weighted by Gasteiger charge is 2.30. The molecule has 10 heteroatoms. The zero-order valence-electron chi connectivity index (χ0n) is 21.6. The molecule has 1 amide bonds. The van der Waals surface area contributed by atoms with E-state index in [1.807, 2.05) is 37.3 Å². The Balaban J connectivity index is 1.42. The molecule has 40 heavy (non-hydrogen) atoms. The molecule has 0 atom stereocenters. The van der Waals surface area contributed by atoms with Gasteiger partial charge < -0.3 is 19.6 Å². The van der Waals surface area contributed by atoms with Crippen molar-refractivity contribution in [1.29, 1.82) is 0 Å². The molecule has 0 aliphatic rings. The van der Waals surface area contributed by atoms with E-state index in [4.69, 9.17) is 14.3 Å². The van der Waals surface area contributed by atoms with Crippen LogP contribution < -0.4 is 10.1 Å². The largest absolute Gasteiger partial charge is 0.493 e. The van der Waals surface area contributed by atoms with E-state index in [1.54, 1.807) is 12.1 Å². The smallest absolute Gasteiger partial charge is 0.416 e. The van der Waals surface area contributed by atoms with E-state index in [0.717, 1.165) is 23.4 Å². The summed E-state index contributed by atoms with van der Waals surface area (Å²) in [7, 11) is 0. The molecule has 0 unspecified atom stereocenters. The molecular weight excluding hydrogens is 525 g/mol. The number of aryl methyl sites for hydroxylation is 2. The summed E-state index contributed by atoms with van der Waals surface area (Å²) in [5, 5.41) is 11.8. The molecule has 4 rings (SSSR count). The Labute approximate surface area is 228 Å². The highest BCUT2D eigenvalue weighted by Crippen LogP contribution is 2.29. The van der Waals surface area contributed by atoms with Gasteiger partial charge in [0.25, 0.3) is 5.91 Å². The van der Waals surface area contributed by atoms with Gasteiger partial charge in [-0.15, -0.1) is 0 Å². The van der Waals surface area contributed by atoms with Gasteiger partial charge in [0.2, 0.25) is 5.89 Å². The number of oxazole rings is 1. The SMILES string of the molecule is Cc1oc(-c2ccccc2)nc1CCOc1ccc(CCC(=O)O)c(C(=O)NCc2ccc(C(F)(F)F)cc2)c1. The van der Waals surface area contributed by atoms with Gasteiger partial charge in [-0.3, -0.25) is 9.59 Å². The summed E-state index contributed by atoms with van der Waals surface area (Å²) in [6.07, 6.45) is -4.04. The maximum absolute atomic E-state index is 13.0. The van der Waals surface area contributed by atoms with Crippen molar-refractivity contribution in [3.8, 4) is 17.2 Å². The lowest BCUT2D eigenvalue weighted by atomic mass is 10.0. The van der Waals surface area contributed by atoms with Crippen molar-refractivity contribution in [1.82, 2.24) is 10.3 Å². The minimum atomic E-state index is -4.45. The second-order valence-corrected chi connectivity index (χ2v) is 9.08. The highest BCUT2D eigenvalue weighted by atomic mass is 19.4. The number of carbonyl (C=O) groups excluding carboxylic acids is 1. The summed E-state index contributed by atoms with van der Waals surface area (Å²) in [6.45, 7) is 2.07. The van der Waals surface area contributed by atoms with Crippen LogP contribution in [0, 0.1) is 6.92 Å². The highest BCUT2D eigenvalue weighted by molar-refractivity contribution is 5.96. The summed E-state index contributed by atoms with van der Waals surface area (Å²) in [4.78, 5) is 28.7. The van der Waals surface area contributed by atoms with Crippen molar-refractivity contribution in [2.75, 3.05) is 6.61 Å². The topological polar surface area (TPSA) is 102 Å². The minimum Gasteiger partial charge on any atom is -0.493 e. The van der Waals surface area contributed by atoms with E-state index in [9.17, 15) is 22.8 Å². The van der Waals surface area contributed by atoms with Crippen LogP contribution in [-0.4, -0.2) is 28.6 Å². The lowest BCUT2D eigenvalue weighted by Crippen LogP contribution is -2.24. The van der Waals surface area contributed by atoms with Crippen LogP contribution in [0.15, 0.2) is 77.2 Å². The number of amides is 1. The van der Waals surface area contributed by atoms with Crippen LogP contribution in [0.4, 0.5) is 13.2 Å². The van der Waals surface area contributed by atoms with Gasteiger partial charge in [0.15, 0.2) is 0 Å². The summed E-state index contributed by atoms with van der Waals surface area (Å²) in [5.41, 5.74) is 2.06. The third-order valence-corrected chi connectivity index (χ3v) is 6.19. The lowest BCUT2D eigenvalue weighted by Gasteiger charge is -2.13. The van der Waals surface area contributed by atoms with Crippen LogP contribution >= 0.6 is 0 Å². The number of aromatic nitrogens is 1. The number of carboxylic acids is 1. The van der Waals surface area contributed by atoms with Gasteiger partial charge in [0.05, 0.1) is 17.9 Å². The zero-order chi connectivity index (χ0) is 28.7. The summed E-state index contributed by atoms with van der Waals surface area (Å²) in [6, 6.07) is 18.8. The molecule has 0 spiro atoms. The standard InChI is InChI=1S/C30H27F3N2O5/c1-19-26(35-29(40-19)22-5-3-2-4-6-22)15-16-39-24-13-9-21(10-14-27(36)37)25(17-24)28(38)34-18-20-7-11-23(12-8-20)30(31,32)33/h2-9,11-13,17H,10,14-16,18H2,1H3,(H,34,38)(H,36,37). The van der Waals surface area contributed by atoms with Crippen LogP contribution in [0.1, 0.15) is 44.9 Å². The molecule has 4 aromatic rings. The zero-order valence-corrected chi connectivity index (χ0v) is 21.6. The molecule has 208 valence electrons. The quantitative estimate of drug-likeness (QED) is 0.229. The van der Waals surface area contributed by atoms with Gasteiger partial charge in [-0.1, -0.05) is 36.4 Å². The number of carbonyl (C=O) groups is 2. The van der Waals surface area contributed by atoms with Crippen molar-refractivity contribution in [2.24, 2.45) is 0 Å². The molecule has 1 heterocycles. The number of benzene rings is 3. The Morgan fingerprint density at radius 2 is 1.73 bits per heavy atom. The van der Waals surface area contributed by atoms with E-state index in [1.165, 1.54) is 18.2 Å². The molecule has 0 radical (unpaired) electrons. The average Bonchev–Trinajstić information content (AvgIpc) is 3.31. The predicted molar refractivity (Wildman–Crippen MR) is 141 cm³/mol. The number of nitrogens with one attached hydrogen (secondary N) is 1. The molecule has 7 nitrogen and oxygen atoms in total. The average molecular weight is 553 g/mol. The molecular formula is C30H27F3N2O5. The van der Waals surface area contributed by atoms with Gasteiger partial charge in [0, 0.05) is 30.5 Å². The van der Waals surface area contributed by atoms with Crippen LogP contribution in [0.25, 0.3) is 11.5 Å². The Kier molecular flexibility index (Phi) is 8.88. The van der Waals surface area contributed by atoms with Gasteiger partial charge in [-0.25, -0.2) is 4.98 Å². The second kappa shape index (κ2) is 12.5. The maximum atomic E-state index is 13.0. The van der Waals surface area contributed by atoms with Crippen molar-refractivity contribution < 1.29 is 37.0 Å². The van der Waals surface area contributed by atoms with Crippen molar-refractivity contribution in [3.63, 3.8) is 0 Å². The van der Waals surface area contributed by atoms with E-state index in [2.05, 4.69) is 10.3 Å². The Bertz CT molecular complexity index is 1470. The third-order valence-electron chi connectivity index (χ3n) is 6.19. The van der Waals surface area contributed by atoms with Gasteiger partial charge in [0.1, 0.15) is 11.5 Å². The Morgan fingerprint density at radius 1 is 1.00 bits per heavy atom. The maximum Gasteiger partial charge on any atom is 0.416 e. The number of carboxylic acid groups (broad SMARTS) is 1. The lowest BCUT2D eigenvalue weighted by molar-refractivity contribution is -0.138. The van der Waals surface area contributed by atoms with Gasteiger partial charge in [-0.05, 0) is 60.9 Å². The number of ether oxygens (including phenoxy) is 1. The van der Waals surface area contributed by atoms with Crippen molar-refractivity contribution in [2.45, 2.75) is 38.9 Å². The monoisotopic (exact) mass is 552 g/mol. The van der Waals surface area contributed by atoms with E-state index < -0.39 is 23.6 Å². The first-order valence-corrected chi connectivity index (χ1v) is 12.5. The van der Waals surface area contributed by atoms with Crippen LogP contribution in [0.3, 0.4) is 0 Å². The van der Waals surface area contributed by atoms with Crippen LogP contribution in [0.5, 0.6) is 5.75 Å². The molecule has 0 fully saturated rings. The van der Waals surface area contributed by atoms with Gasteiger partial charge >= 0.3 is 12.1 Å². The molecule has 2 N–H and O–H groups in total. The predicted octanol–water partition coefficient (Wildman–Crippen LogP) is 6.24. The summed E-state index contributed by atoms with van der Waals surface area (Å²) >= 11 is 0. The van der Waals surface area contributed by atoms with E-state index in [0.29, 0.717) is 34.9 Å². The number of alkyl halides is 3. The summed E-state index contributed by atoms with van der Waals surface area (Å²) < 4.78 is 50.1. The fourth-order valence-electron chi connectivity index (χ4n) is 4.04. The number of rotatable bonds is 11. The molecule has 3 aromatic carbocycles. The summed E-state index contributed by atoms with van der Waals surface area (Å²) in [5.74, 6) is 0.0979. The molecule has 1 aromatic heterocycles. The first-order chi connectivity index (χ1) is 19.1. The fourth-order valence-corrected chi connectivity index (χ4v) is 4.04. The molecule has 0 saturated carbocycles. The number of halogens is 3. The first kappa shape index (κ1) is 28.4. The number of hydrogen-bond acceptors (Lipinski definition) is 5. The number of nitrogens with zero attached hydrogens (tertiary/aromatic N) is 1. The Hall–Kier alpha value is -4.60. The van der Waals surface area contributed by atoms with Crippen molar-refractivity contribution >= 4 is 11.9 Å². The van der Waals surface area contributed by atoms with Crippen molar-refractivity contribution in [3.05, 3.63) is 107 Å². The fraction of sp³-hybridized carbons (Fsp3) is 0.233. The Morgan fingerprint density at radius 3 is 2.40 bits per heavy atom. The normalized spacial score (nSPS) is 11.3. The molecule has 0 bridgehead atoms. The first-order valence-electron chi connectivity index (χ1n) is 12.5. The number of aliphatic carboxylic acids is 1.